The first-order valence-electron chi connectivity index (χ1n) is 4.32. The SMILES string of the molecule is O=C1N=C(Cc2cccc(Br)c2)C(=O)N1. The molecule has 0 atom stereocenters. The Morgan fingerprint density at radius 1 is 1.33 bits per heavy atom. The molecule has 3 amide bonds. The summed E-state index contributed by atoms with van der Waals surface area (Å²) in [6.07, 6.45) is 0.372. The Hall–Kier alpha value is -1.49. The molecule has 0 spiro atoms. The fraction of sp³-hybridized carbons (Fsp3) is 0.100. The number of hydrogen-bond acceptors (Lipinski definition) is 2. The average molecular weight is 267 g/mol. The minimum absolute atomic E-state index is 0.262. The van der Waals surface area contributed by atoms with Crippen LogP contribution in [0.15, 0.2) is 33.7 Å². The summed E-state index contributed by atoms with van der Waals surface area (Å²) in [4.78, 5) is 25.6. The molecule has 15 heavy (non-hydrogen) atoms. The number of nitrogens with one attached hydrogen (secondary N) is 1. The number of nitrogens with zero attached hydrogens (tertiary/aromatic N) is 1. The highest BCUT2D eigenvalue weighted by atomic mass is 79.9. The fourth-order valence-electron chi connectivity index (χ4n) is 1.33. The molecule has 1 aromatic carbocycles. The van der Waals surface area contributed by atoms with Gasteiger partial charge in [0, 0.05) is 10.9 Å². The maximum Gasteiger partial charge on any atom is 0.348 e. The Labute approximate surface area is 94.5 Å². The fourth-order valence-corrected chi connectivity index (χ4v) is 1.78. The van der Waals surface area contributed by atoms with Crippen LogP contribution in [0, 0.1) is 0 Å². The molecule has 1 aromatic rings. The summed E-state index contributed by atoms with van der Waals surface area (Å²) < 4.78 is 0.935. The first-order chi connectivity index (χ1) is 7.15. The molecule has 2 rings (SSSR count). The van der Waals surface area contributed by atoms with Crippen molar-refractivity contribution in [3.8, 4) is 0 Å². The Kier molecular flexibility index (Phi) is 2.64. The van der Waals surface area contributed by atoms with E-state index in [2.05, 4.69) is 26.2 Å². The van der Waals surface area contributed by atoms with Gasteiger partial charge in [-0.1, -0.05) is 28.1 Å². The van der Waals surface area contributed by atoms with Crippen molar-refractivity contribution >= 4 is 33.6 Å². The second-order valence-electron chi connectivity index (χ2n) is 3.12. The van der Waals surface area contributed by atoms with E-state index in [0.29, 0.717) is 6.42 Å². The first kappa shape index (κ1) is 10.0. The number of halogens is 1. The molecule has 4 nitrogen and oxygen atoms in total. The molecular weight excluding hydrogens is 260 g/mol. The Balaban J connectivity index is 2.19. The van der Waals surface area contributed by atoms with Crippen molar-refractivity contribution in [3.63, 3.8) is 0 Å². The van der Waals surface area contributed by atoms with Crippen LogP contribution in [0.3, 0.4) is 0 Å². The number of aliphatic imine (C=N–C) groups is 1. The normalized spacial score (nSPS) is 15.1. The third-order valence-electron chi connectivity index (χ3n) is 1.98. The van der Waals surface area contributed by atoms with E-state index in [-0.39, 0.29) is 5.71 Å². The van der Waals surface area contributed by atoms with Gasteiger partial charge < -0.3 is 0 Å². The van der Waals surface area contributed by atoms with Crippen LogP contribution in [0.25, 0.3) is 0 Å². The highest BCUT2D eigenvalue weighted by Gasteiger charge is 2.22. The van der Waals surface area contributed by atoms with Crippen molar-refractivity contribution in [2.24, 2.45) is 4.99 Å². The Morgan fingerprint density at radius 2 is 2.13 bits per heavy atom. The van der Waals surface area contributed by atoms with Crippen molar-refractivity contribution in [2.75, 3.05) is 0 Å². The van der Waals surface area contributed by atoms with Crippen LogP contribution in [0.4, 0.5) is 4.79 Å². The van der Waals surface area contributed by atoms with Gasteiger partial charge in [-0.05, 0) is 17.7 Å². The van der Waals surface area contributed by atoms with Gasteiger partial charge in [0.15, 0.2) is 0 Å². The summed E-state index contributed by atoms with van der Waals surface area (Å²) >= 11 is 3.33. The molecule has 1 N–H and O–H groups in total. The Morgan fingerprint density at radius 3 is 2.73 bits per heavy atom. The van der Waals surface area contributed by atoms with Crippen molar-refractivity contribution in [3.05, 3.63) is 34.3 Å². The second kappa shape index (κ2) is 3.94. The molecule has 76 valence electrons. The van der Waals surface area contributed by atoms with E-state index in [0.717, 1.165) is 10.0 Å². The van der Waals surface area contributed by atoms with Crippen LogP contribution < -0.4 is 5.32 Å². The van der Waals surface area contributed by atoms with Gasteiger partial charge in [0.25, 0.3) is 5.91 Å². The van der Waals surface area contributed by atoms with Crippen molar-refractivity contribution < 1.29 is 9.59 Å². The lowest BCUT2D eigenvalue weighted by Crippen LogP contribution is -2.26. The summed E-state index contributed by atoms with van der Waals surface area (Å²) in [5.74, 6) is -0.403. The number of carbonyl (C=O) groups excluding carboxylic acids is 2. The molecular formula is C10H7BrN2O2. The van der Waals surface area contributed by atoms with Gasteiger partial charge in [-0.2, -0.15) is 4.99 Å². The van der Waals surface area contributed by atoms with E-state index < -0.39 is 11.9 Å². The number of urea groups is 1. The molecule has 0 unspecified atom stereocenters. The van der Waals surface area contributed by atoms with Crippen LogP contribution in [0.2, 0.25) is 0 Å². The van der Waals surface area contributed by atoms with Crippen LogP contribution in [-0.2, 0) is 11.2 Å². The molecule has 0 aromatic heterocycles. The van der Waals surface area contributed by atoms with E-state index in [1.165, 1.54) is 0 Å². The van der Waals surface area contributed by atoms with Crippen LogP contribution in [0.1, 0.15) is 5.56 Å². The van der Waals surface area contributed by atoms with Gasteiger partial charge in [0.1, 0.15) is 5.71 Å². The highest BCUT2D eigenvalue weighted by molar-refractivity contribution is 9.10. The van der Waals surface area contributed by atoms with E-state index in [1.807, 2.05) is 24.3 Å². The maximum atomic E-state index is 11.2. The topological polar surface area (TPSA) is 58.5 Å². The predicted molar refractivity (Wildman–Crippen MR) is 58.8 cm³/mol. The molecule has 0 saturated heterocycles. The van der Waals surface area contributed by atoms with Gasteiger partial charge in [0.2, 0.25) is 0 Å². The number of rotatable bonds is 2. The molecule has 1 aliphatic heterocycles. The molecule has 1 heterocycles. The molecule has 0 radical (unpaired) electrons. The van der Waals surface area contributed by atoms with E-state index in [9.17, 15) is 9.59 Å². The monoisotopic (exact) mass is 266 g/mol. The number of amides is 3. The summed E-state index contributed by atoms with van der Waals surface area (Å²) in [6.45, 7) is 0. The van der Waals surface area contributed by atoms with Crippen molar-refractivity contribution in [2.45, 2.75) is 6.42 Å². The van der Waals surface area contributed by atoms with Gasteiger partial charge in [0.05, 0.1) is 0 Å². The molecule has 0 aliphatic carbocycles. The van der Waals surface area contributed by atoms with Gasteiger partial charge >= 0.3 is 6.03 Å². The standard InChI is InChI=1S/C10H7BrN2O2/c11-7-3-1-2-6(4-7)5-8-9(14)13-10(15)12-8/h1-4H,5H2,(H,13,14,15). The van der Waals surface area contributed by atoms with Crippen LogP contribution in [-0.4, -0.2) is 17.6 Å². The summed E-state index contributed by atoms with van der Waals surface area (Å²) in [7, 11) is 0. The van der Waals surface area contributed by atoms with Crippen molar-refractivity contribution in [1.82, 2.24) is 5.32 Å². The lowest BCUT2D eigenvalue weighted by Gasteiger charge is -1.99. The van der Waals surface area contributed by atoms with Crippen molar-refractivity contribution in [1.29, 1.82) is 0 Å². The third-order valence-corrected chi connectivity index (χ3v) is 2.47. The quantitative estimate of drug-likeness (QED) is 0.886. The maximum absolute atomic E-state index is 11.2. The number of hydrogen-bond donors (Lipinski definition) is 1. The lowest BCUT2D eigenvalue weighted by molar-refractivity contribution is -0.113. The second-order valence-corrected chi connectivity index (χ2v) is 4.04. The van der Waals surface area contributed by atoms with E-state index in [4.69, 9.17) is 0 Å². The average Bonchev–Trinajstić information content (AvgIpc) is 2.45. The van der Waals surface area contributed by atoms with E-state index >= 15 is 0 Å². The zero-order valence-electron chi connectivity index (χ0n) is 7.66. The van der Waals surface area contributed by atoms with E-state index in [1.54, 1.807) is 0 Å². The van der Waals surface area contributed by atoms with Gasteiger partial charge in [-0.15, -0.1) is 0 Å². The molecule has 0 fully saturated rings. The molecule has 5 heteroatoms. The highest BCUT2D eigenvalue weighted by Crippen LogP contribution is 2.13. The molecule has 0 bridgehead atoms. The minimum atomic E-state index is -0.579. The summed E-state index contributed by atoms with van der Waals surface area (Å²) in [6, 6.07) is 6.95. The predicted octanol–water partition coefficient (Wildman–Crippen LogP) is 1.68. The van der Waals surface area contributed by atoms with Crippen LogP contribution >= 0.6 is 15.9 Å². The van der Waals surface area contributed by atoms with Crippen LogP contribution in [0.5, 0.6) is 0 Å². The zero-order valence-corrected chi connectivity index (χ0v) is 9.24. The number of carbonyl (C=O) groups is 2. The van der Waals surface area contributed by atoms with Gasteiger partial charge in [-0.3, -0.25) is 10.1 Å². The molecule has 0 saturated carbocycles. The Bertz CT molecular complexity index is 468. The lowest BCUT2D eigenvalue weighted by atomic mass is 10.1. The van der Waals surface area contributed by atoms with Gasteiger partial charge in [-0.25, -0.2) is 4.79 Å². The third kappa shape index (κ3) is 2.30. The number of benzene rings is 1. The summed E-state index contributed by atoms with van der Waals surface area (Å²) in [5, 5.41) is 2.11. The first-order valence-corrected chi connectivity index (χ1v) is 5.12. The smallest absolute Gasteiger partial charge is 0.271 e. The zero-order chi connectivity index (χ0) is 10.8. The summed E-state index contributed by atoms with van der Waals surface area (Å²) in [5.41, 5.74) is 1.20. The largest absolute Gasteiger partial charge is 0.348 e. The molecule has 1 aliphatic rings. The number of imide groups is 1. The minimum Gasteiger partial charge on any atom is -0.271 e.